The Labute approximate surface area is 98.4 Å². The number of allylic oxidation sites excluding steroid dienone is 1. The molecule has 0 bridgehead atoms. The van der Waals surface area contributed by atoms with Gasteiger partial charge >= 0.3 is 5.97 Å². The van der Waals surface area contributed by atoms with Gasteiger partial charge in [0, 0.05) is 6.08 Å². The van der Waals surface area contributed by atoms with Gasteiger partial charge in [-0.25, -0.2) is 4.79 Å². The van der Waals surface area contributed by atoms with E-state index in [0.717, 1.165) is 25.3 Å². The fourth-order valence-corrected chi connectivity index (χ4v) is 2.67. The van der Waals surface area contributed by atoms with Crippen molar-refractivity contribution in [3.63, 3.8) is 0 Å². The average molecular weight is 249 g/mol. The summed E-state index contributed by atoms with van der Waals surface area (Å²) in [6, 6.07) is 1.14. The Morgan fingerprint density at radius 1 is 1.33 bits per heavy atom. The molecule has 0 unspecified atom stereocenters. The first-order chi connectivity index (χ1) is 6.95. The lowest BCUT2D eigenvalue weighted by molar-refractivity contribution is -0.137. The molecule has 2 nitrogen and oxygen atoms in total. The van der Waals surface area contributed by atoms with E-state index in [4.69, 9.17) is 15.8 Å². The highest BCUT2D eigenvalue weighted by atomic mass is 35.6. The monoisotopic (exact) mass is 248 g/mol. The largest absolute Gasteiger partial charge is 0.463 e. The van der Waals surface area contributed by atoms with E-state index in [9.17, 15) is 4.79 Å². The van der Waals surface area contributed by atoms with Crippen LogP contribution in [-0.4, -0.2) is 20.0 Å². The minimum absolute atomic E-state index is 0.246. The maximum atomic E-state index is 10.9. The van der Waals surface area contributed by atoms with Crippen molar-refractivity contribution in [3.05, 3.63) is 12.2 Å². The zero-order chi connectivity index (χ0) is 11.7. The fourth-order valence-electron chi connectivity index (χ4n) is 1.18. The smallest absolute Gasteiger partial charge is 0.330 e. The first kappa shape index (κ1) is 14.7. The van der Waals surface area contributed by atoms with Crippen molar-refractivity contribution in [1.29, 1.82) is 0 Å². The van der Waals surface area contributed by atoms with E-state index in [-0.39, 0.29) is 5.97 Å². The van der Waals surface area contributed by atoms with E-state index < -0.39 is 7.38 Å². The predicted molar refractivity (Wildman–Crippen MR) is 67.8 cm³/mol. The minimum atomic E-state index is -1.40. The van der Waals surface area contributed by atoms with E-state index in [0.29, 0.717) is 6.61 Å². The van der Waals surface area contributed by atoms with Crippen LogP contribution in [0.25, 0.3) is 0 Å². The molecule has 0 saturated carbocycles. The zero-order valence-electron chi connectivity index (χ0n) is 9.88. The number of carbonyl (C=O) groups excluding carboxylic acids is 1. The maximum absolute atomic E-state index is 10.9. The molecular formula is C11H21ClO2Si. The van der Waals surface area contributed by atoms with Gasteiger partial charge in [-0.1, -0.05) is 32.0 Å². The third-order valence-corrected chi connectivity index (χ3v) is 4.07. The molecule has 0 aliphatic rings. The number of esters is 1. The van der Waals surface area contributed by atoms with Crippen LogP contribution < -0.4 is 0 Å². The highest BCUT2D eigenvalue weighted by Crippen LogP contribution is 2.18. The topological polar surface area (TPSA) is 26.3 Å². The molecule has 0 amide bonds. The van der Waals surface area contributed by atoms with Crippen molar-refractivity contribution in [1.82, 2.24) is 0 Å². The Bertz CT molecular complexity index is 209. The average Bonchev–Trinajstić information content (AvgIpc) is 2.09. The van der Waals surface area contributed by atoms with Gasteiger partial charge in [0.2, 0.25) is 0 Å². The molecule has 0 aromatic carbocycles. The Morgan fingerprint density at radius 3 is 2.53 bits per heavy atom. The van der Waals surface area contributed by atoms with Gasteiger partial charge in [0.1, 0.15) is 7.38 Å². The summed E-state index contributed by atoms with van der Waals surface area (Å²) in [5.74, 6) is -0.246. The van der Waals surface area contributed by atoms with Gasteiger partial charge in [0.15, 0.2) is 0 Å². The molecule has 88 valence electrons. The molecular weight excluding hydrogens is 228 g/mol. The van der Waals surface area contributed by atoms with Gasteiger partial charge in [0.05, 0.1) is 6.61 Å². The van der Waals surface area contributed by atoms with E-state index in [2.05, 4.69) is 13.1 Å². The lowest BCUT2D eigenvalue weighted by Gasteiger charge is -2.11. The summed E-state index contributed by atoms with van der Waals surface area (Å²) in [5.41, 5.74) is 0. The first-order valence-electron chi connectivity index (χ1n) is 5.44. The molecule has 0 fully saturated rings. The summed E-state index contributed by atoms with van der Waals surface area (Å²) < 4.78 is 4.97. The van der Waals surface area contributed by atoms with Crippen molar-refractivity contribution in [2.45, 2.75) is 45.3 Å². The molecule has 0 atom stereocenters. The number of hydrogen-bond donors (Lipinski definition) is 0. The summed E-state index contributed by atoms with van der Waals surface area (Å²) in [5, 5.41) is 0. The Kier molecular flexibility index (Phi) is 7.79. The minimum Gasteiger partial charge on any atom is -0.463 e. The van der Waals surface area contributed by atoms with Gasteiger partial charge in [-0.15, -0.1) is 0 Å². The number of unbranched alkanes of at least 4 members (excludes halogenated alkanes) is 2. The van der Waals surface area contributed by atoms with E-state index in [1.807, 2.05) is 0 Å². The first-order valence-corrected chi connectivity index (χ1v) is 9.66. The number of ether oxygens (including phenoxy) is 1. The molecule has 4 heteroatoms. The summed E-state index contributed by atoms with van der Waals surface area (Å²) in [6.45, 7) is 6.63. The highest BCUT2D eigenvalue weighted by molar-refractivity contribution is 7.19. The highest BCUT2D eigenvalue weighted by Gasteiger charge is 2.15. The van der Waals surface area contributed by atoms with E-state index in [1.165, 1.54) is 6.08 Å². The van der Waals surface area contributed by atoms with E-state index in [1.54, 1.807) is 13.0 Å². The van der Waals surface area contributed by atoms with Crippen molar-refractivity contribution in [3.8, 4) is 0 Å². The lowest BCUT2D eigenvalue weighted by atomic mass is 10.3. The molecule has 0 N–H and O–H groups in total. The van der Waals surface area contributed by atoms with Gasteiger partial charge < -0.3 is 4.74 Å². The van der Waals surface area contributed by atoms with Gasteiger partial charge in [-0.05, 0) is 19.4 Å². The molecule has 0 aliphatic heterocycles. The van der Waals surface area contributed by atoms with Crippen LogP contribution in [0.2, 0.25) is 19.1 Å². The lowest BCUT2D eigenvalue weighted by Crippen LogP contribution is -2.15. The van der Waals surface area contributed by atoms with E-state index >= 15 is 0 Å². The van der Waals surface area contributed by atoms with Crippen molar-refractivity contribution in [2.75, 3.05) is 6.61 Å². The van der Waals surface area contributed by atoms with Crippen molar-refractivity contribution >= 4 is 24.4 Å². The number of hydrogen-bond acceptors (Lipinski definition) is 2. The molecule has 0 aromatic heterocycles. The molecule has 0 rings (SSSR count). The third kappa shape index (κ3) is 11.6. The standard InChI is InChI=1S/C11H21ClO2Si/c1-4-8-11(13)14-9-6-5-7-10-15(2,3)12/h4,8H,5-7,9-10H2,1-3H3. The predicted octanol–water partition coefficient (Wildman–Crippen LogP) is 3.72. The molecule has 0 aliphatic carbocycles. The van der Waals surface area contributed by atoms with Crippen LogP contribution in [0.1, 0.15) is 26.2 Å². The normalized spacial score (nSPS) is 12.0. The van der Waals surface area contributed by atoms with Crippen LogP contribution in [-0.2, 0) is 9.53 Å². The van der Waals surface area contributed by atoms with Crippen molar-refractivity contribution < 1.29 is 9.53 Å². The summed E-state index contributed by atoms with van der Waals surface area (Å²) >= 11 is 6.18. The van der Waals surface area contributed by atoms with Crippen LogP contribution in [0.15, 0.2) is 12.2 Å². The number of rotatable bonds is 7. The molecule has 0 heterocycles. The van der Waals surface area contributed by atoms with Gasteiger partial charge in [-0.2, -0.15) is 11.1 Å². The second-order valence-corrected chi connectivity index (χ2v) is 11.2. The van der Waals surface area contributed by atoms with Gasteiger partial charge in [-0.3, -0.25) is 0 Å². The molecule has 0 spiro atoms. The second kappa shape index (κ2) is 7.94. The number of carbonyl (C=O) groups is 1. The molecule has 0 saturated heterocycles. The van der Waals surface area contributed by atoms with Crippen LogP contribution in [0.5, 0.6) is 0 Å². The summed E-state index contributed by atoms with van der Waals surface area (Å²) in [6.07, 6.45) is 6.29. The van der Waals surface area contributed by atoms with Crippen LogP contribution >= 0.6 is 11.1 Å². The van der Waals surface area contributed by atoms with Crippen molar-refractivity contribution in [2.24, 2.45) is 0 Å². The van der Waals surface area contributed by atoms with Gasteiger partial charge in [0.25, 0.3) is 0 Å². The number of halogens is 1. The summed E-state index contributed by atoms with van der Waals surface area (Å²) in [4.78, 5) is 10.9. The van der Waals surface area contributed by atoms with Crippen LogP contribution in [0, 0.1) is 0 Å². The zero-order valence-corrected chi connectivity index (χ0v) is 11.6. The second-order valence-electron chi connectivity index (χ2n) is 4.20. The Hall–Kier alpha value is -0.283. The fraction of sp³-hybridized carbons (Fsp3) is 0.727. The maximum Gasteiger partial charge on any atom is 0.330 e. The molecule has 15 heavy (non-hydrogen) atoms. The van der Waals surface area contributed by atoms with Crippen LogP contribution in [0.4, 0.5) is 0 Å². The molecule has 0 radical (unpaired) electrons. The quantitative estimate of drug-likeness (QED) is 0.226. The third-order valence-electron chi connectivity index (χ3n) is 1.96. The SMILES string of the molecule is CC=CC(=O)OCCCCC[Si](C)(C)Cl. The summed E-state index contributed by atoms with van der Waals surface area (Å²) in [7, 11) is -1.40. The van der Waals surface area contributed by atoms with Crippen LogP contribution in [0.3, 0.4) is 0 Å². The molecule has 0 aromatic rings. The Balaban J connectivity index is 3.29. The Morgan fingerprint density at radius 2 is 2.00 bits per heavy atom.